The molecule has 3 aliphatic heterocycles. The highest BCUT2D eigenvalue weighted by Crippen LogP contribution is 2.41. The third-order valence-corrected chi connectivity index (χ3v) is 9.55. The number of pyridine rings is 2. The first-order valence-corrected chi connectivity index (χ1v) is 14.7. The predicted octanol–water partition coefficient (Wildman–Crippen LogP) is 4.18. The molecule has 7 rings (SSSR count). The van der Waals surface area contributed by atoms with Gasteiger partial charge in [0.2, 0.25) is 5.82 Å². The predicted molar refractivity (Wildman–Crippen MR) is 159 cm³/mol. The van der Waals surface area contributed by atoms with E-state index in [4.69, 9.17) is 4.98 Å². The van der Waals surface area contributed by atoms with Crippen molar-refractivity contribution in [3.8, 4) is 0 Å². The van der Waals surface area contributed by atoms with Crippen LogP contribution in [0.5, 0.6) is 0 Å². The SMILES string of the molecule is Cc1cc(N2CC[C@](C)(c3ccccc3)C2)cn2nc(C(=O)N3CCC34CCCN(c3cccc(C(=O)O)n3)C4)nc12. The Bertz CT molecular complexity index is 1690. The third-order valence-electron chi connectivity index (χ3n) is 9.55. The zero-order chi connectivity index (χ0) is 29.1. The first kappa shape index (κ1) is 26.4. The molecule has 3 aromatic heterocycles. The van der Waals surface area contributed by atoms with Gasteiger partial charge in [-0.3, -0.25) is 4.79 Å². The lowest BCUT2D eigenvalue weighted by Gasteiger charge is -2.56. The number of hydrogen-bond donors (Lipinski definition) is 1. The van der Waals surface area contributed by atoms with E-state index in [2.05, 4.69) is 63.2 Å². The van der Waals surface area contributed by atoms with Crippen LogP contribution in [0.25, 0.3) is 5.65 Å². The number of nitrogens with zero attached hydrogens (tertiary/aromatic N) is 7. The van der Waals surface area contributed by atoms with E-state index in [1.54, 1.807) is 10.6 Å². The number of rotatable bonds is 5. The molecule has 0 radical (unpaired) electrons. The number of aryl methyl sites for hydroxylation is 1. The molecule has 1 unspecified atom stereocenters. The van der Waals surface area contributed by atoms with Crippen LogP contribution in [0.2, 0.25) is 0 Å². The van der Waals surface area contributed by atoms with Crippen LogP contribution in [0.4, 0.5) is 11.5 Å². The molecule has 0 aliphatic carbocycles. The molecule has 3 saturated heterocycles. The van der Waals surface area contributed by atoms with Crippen molar-refractivity contribution in [2.75, 3.05) is 42.5 Å². The van der Waals surface area contributed by atoms with E-state index in [-0.39, 0.29) is 28.4 Å². The van der Waals surface area contributed by atoms with Gasteiger partial charge in [-0.05, 0) is 61.9 Å². The van der Waals surface area contributed by atoms with Gasteiger partial charge in [-0.1, -0.05) is 43.3 Å². The molecule has 4 aromatic rings. The molecule has 42 heavy (non-hydrogen) atoms. The number of likely N-dealkylation sites (tertiary alicyclic amines) is 1. The van der Waals surface area contributed by atoms with E-state index in [0.717, 1.165) is 56.6 Å². The van der Waals surface area contributed by atoms with Crippen LogP contribution in [-0.2, 0) is 5.41 Å². The van der Waals surface area contributed by atoms with Crippen LogP contribution in [0.3, 0.4) is 0 Å². The van der Waals surface area contributed by atoms with Gasteiger partial charge >= 0.3 is 5.97 Å². The standard InChI is InChI=1S/C32H35N7O3/c1-22-18-24(36-16-13-31(2,20-36)23-8-4-3-5-9-23)19-39-28(22)34-27(35-39)29(40)38-17-14-32(38)12-7-15-37(21-32)26-11-6-10-25(33-26)30(41)42/h3-6,8-11,18-19H,7,12-17,20-21H2,1-2H3,(H,41,42)/t31-,32?/m0/s1. The summed E-state index contributed by atoms with van der Waals surface area (Å²) < 4.78 is 1.76. The largest absolute Gasteiger partial charge is 0.477 e. The second-order valence-electron chi connectivity index (χ2n) is 12.3. The highest BCUT2D eigenvalue weighted by atomic mass is 16.4. The van der Waals surface area contributed by atoms with E-state index in [1.807, 2.05) is 24.1 Å². The van der Waals surface area contributed by atoms with E-state index in [0.29, 0.717) is 24.6 Å². The number of benzene rings is 1. The molecule has 1 aromatic carbocycles. The first-order chi connectivity index (χ1) is 20.2. The lowest BCUT2D eigenvalue weighted by Crippen LogP contribution is -2.68. The average molecular weight is 566 g/mol. The van der Waals surface area contributed by atoms with Gasteiger partial charge in [0.05, 0.1) is 17.4 Å². The minimum Gasteiger partial charge on any atom is -0.477 e. The third kappa shape index (κ3) is 4.36. The van der Waals surface area contributed by atoms with Crippen molar-refractivity contribution in [1.29, 1.82) is 0 Å². The van der Waals surface area contributed by atoms with Crippen LogP contribution in [0, 0.1) is 6.92 Å². The molecule has 216 valence electrons. The lowest BCUT2D eigenvalue weighted by atomic mass is 9.77. The van der Waals surface area contributed by atoms with Crippen molar-refractivity contribution < 1.29 is 14.7 Å². The Kier molecular flexibility index (Phi) is 6.18. The van der Waals surface area contributed by atoms with Gasteiger partial charge in [0.25, 0.3) is 5.91 Å². The van der Waals surface area contributed by atoms with Crippen LogP contribution in [-0.4, -0.2) is 79.7 Å². The molecule has 2 atom stereocenters. The van der Waals surface area contributed by atoms with Crippen LogP contribution >= 0.6 is 0 Å². The number of carbonyl (C=O) groups is 2. The van der Waals surface area contributed by atoms with Gasteiger partial charge in [0.1, 0.15) is 5.82 Å². The van der Waals surface area contributed by atoms with Crippen molar-refractivity contribution in [2.24, 2.45) is 0 Å². The molecule has 10 heteroatoms. The smallest absolute Gasteiger partial charge is 0.354 e. The molecule has 0 bridgehead atoms. The molecule has 1 amide bonds. The molecule has 6 heterocycles. The van der Waals surface area contributed by atoms with Crippen LogP contribution in [0.1, 0.15) is 64.8 Å². The number of carboxylic acids is 1. The number of anilines is 2. The van der Waals surface area contributed by atoms with Gasteiger partial charge in [0, 0.05) is 38.1 Å². The van der Waals surface area contributed by atoms with Crippen LogP contribution in [0.15, 0.2) is 60.8 Å². The molecule has 1 spiro atoms. The molecule has 3 aliphatic rings. The van der Waals surface area contributed by atoms with E-state index in [1.165, 1.54) is 11.6 Å². The molecule has 1 N–H and O–H groups in total. The monoisotopic (exact) mass is 565 g/mol. The summed E-state index contributed by atoms with van der Waals surface area (Å²) in [6, 6.07) is 17.9. The molecule has 0 saturated carbocycles. The summed E-state index contributed by atoms with van der Waals surface area (Å²) in [4.78, 5) is 40.7. The Morgan fingerprint density at radius 3 is 2.50 bits per heavy atom. The lowest BCUT2D eigenvalue weighted by molar-refractivity contribution is -0.0112. The summed E-state index contributed by atoms with van der Waals surface area (Å²) in [7, 11) is 0. The Morgan fingerprint density at radius 1 is 0.905 bits per heavy atom. The maximum absolute atomic E-state index is 13.8. The maximum Gasteiger partial charge on any atom is 0.354 e. The Balaban J connectivity index is 1.11. The number of carboxylic acid groups (broad SMARTS) is 1. The fourth-order valence-electron chi connectivity index (χ4n) is 7.08. The molecular weight excluding hydrogens is 530 g/mol. The summed E-state index contributed by atoms with van der Waals surface area (Å²) in [5, 5.41) is 14.1. The summed E-state index contributed by atoms with van der Waals surface area (Å²) >= 11 is 0. The van der Waals surface area contributed by atoms with Crippen molar-refractivity contribution in [1.82, 2.24) is 24.5 Å². The number of amides is 1. The van der Waals surface area contributed by atoms with Crippen molar-refractivity contribution in [3.63, 3.8) is 0 Å². The molecule has 10 nitrogen and oxygen atoms in total. The van der Waals surface area contributed by atoms with Gasteiger partial charge in [-0.2, -0.15) is 0 Å². The topological polar surface area (TPSA) is 107 Å². The van der Waals surface area contributed by atoms with Crippen molar-refractivity contribution in [3.05, 3.63) is 83.4 Å². The fourth-order valence-corrected chi connectivity index (χ4v) is 7.08. The quantitative estimate of drug-likeness (QED) is 0.384. The van der Waals surface area contributed by atoms with Gasteiger partial charge < -0.3 is 19.8 Å². The zero-order valence-corrected chi connectivity index (χ0v) is 24.0. The minimum atomic E-state index is -1.05. The second-order valence-corrected chi connectivity index (χ2v) is 12.3. The van der Waals surface area contributed by atoms with E-state index in [9.17, 15) is 14.7 Å². The zero-order valence-electron chi connectivity index (χ0n) is 24.0. The number of hydrogen-bond acceptors (Lipinski definition) is 7. The highest BCUT2D eigenvalue weighted by Gasteiger charge is 2.50. The Morgan fingerprint density at radius 2 is 1.74 bits per heavy atom. The van der Waals surface area contributed by atoms with Gasteiger partial charge in [0.15, 0.2) is 11.3 Å². The molecular formula is C32H35N7O3. The summed E-state index contributed by atoms with van der Waals surface area (Å²) in [6.45, 7) is 8.26. The van der Waals surface area contributed by atoms with Crippen LogP contribution < -0.4 is 9.80 Å². The van der Waals surface area contributed by atoms with E-state index < -0.39 is 5.97 Å². The normalized spacial score (nSPS) is 23.9. The first-order valence-electron chi connectivity index (χ1n) is 14.7. The maximum atomic E-state index is 13.8. The van der Waals surface area contributed by atoms with Gasteiger partial charge in [-0.15, -0.1) is 5.10 Å². The summed E-state index contributed by atoms with van der Waals surface area (Å²) in [6.07, 6.45) is 5.73. The summed E-state index contributed by atoms with van der Waals surface area (Å²) in [5.41, 5.74) is 3.90. The fraction of sp³-hybridized carbons (Fsp3) is 0.406. The average Bonchev–Trinajstić information content (AvgIpc) is 3.62. The highest BCUT2D eigenvalue weighted by molar-refractivity contribution is 5.92. The second kappa shape index (κ2) is 9.82. The van der Waals surface area contributed by atoms with Crippen molar-refractivity contribution in [2.45, 2.75) is 50.5 Å². The number of piperidine rings is 1. The number of aromatic nitrogens is 4. The number of aromatic carboxylic acids is 1. The number of fused-ring (bicyclic) bond motifs is 1. The molecule has 3 fully saturated rings. The van der Waals surface area contributed by atoms with Crippen molar-refractivity contribution >= 4 is 29.0 Å². The number of carbonyl (C=O) groups excluding carboxylic acids is 1. The Labute approximate surface area is 244 Å². The Hall–Kier alpha value is -4.47. The minimum absolute atomic E-state index is 0.0240. The van der Waals surface area contributed by atoms with Gasteiger partial charge in [-0.25, -0.2) is 19.3 Å². The summed E-state index contributed by atoms with van der Waals surface area (Å²) in [5.74, 6) is -0.353. The van der Waals surface area contributed by atoms with E-state index >= 15 is 0 Å².